The van der Waals surface area contributed by atoms with Crippen molar-refractivity contribution in [1.82, 2.24) is 0 Å². The lowest BCUT2D eigenvalue weighted by Gasteiger charge is -2.18. The lowest BCUT2D eigenvalue weighted by Crippen LogP contribution is -2.10. The van der Waals surface area contributed by atoms with Gasteiger partial charge in [-0.05, 0) is 103 Å². The smallest absolute Gasteiger partial charge is 0.330 e. The first kappa shape index (κ1) is 31.8. The Balaban J connectivity index is 1.37. The van der Waals surface area contributed by atoms with E-state index in [0.717, 1.165) is 67.1 Å². The molecule has 0 radical (unpaired) electrons. The van der Waals surface area contributed by atoms with Crippen LogP contribution in [0.5, 0.6) is 11.5 Å². The van der Waals surface area contributed by atoms with Gasteiger partial charge in [0.25, 0.3) is 0 Å². The predicted molar refractivity (Wildman–Crippen MR) is 191 cm³/mol. The van der Waals surface area contributed by atoms with Crippen molar-refractivity contribution in [3.05, 3.63) is 147 Å². The van der Waals surface area contributed by atoms with E-state index in [4.69, 9.17) is 18.9 Å². The van der Waals surface area contributed by atoms with E-state index in [1.165, 1.54) is 0 Å². The number of hydrogen-bond donors (Lipinski definition) is 0. The maximum atomic E-state index is 11.3. The summed E-state index contributed by atoms with van der Waals surface area (Å²) in [6.45, 7) is 7.59. The highest BCUT2D eigenvalue weighted by Gasteiger charge is 2.16. The molecule has 6 nitrogen and oxygen atoms in total. The van der Waals surface area contributed by atoms with E-state index in [0.29, 0.717) is 11.5 Å². The van der Waals surface area contributed by atoms with Gasteiger partial charge in [-0.1, -0.05) is 86.0 Å². The molecule has 0 fully saturated rings. The molecule has 0 heterocycles. The quantitative estimate of drug-likeness (QED) is 0.0717. The third-order valence-corrected chi connectivity index (χ3v) is 7.92. The van der Waals surface area contributed by atoms with Crippen molar-refractivity contribution in [2.45, 2.75) is 0 Å². The van der Waals surface area contributed by atoms with Crippen LogP contribution >= 0.6 is 0 Å². The van der Waals surface area contributed by atoms with E-state index in [1.807, 2.05) is 24.3 Å². The minimum absolute atomic E-state index is 0.143. The number of carbonyl (C=O) groups is 2. The Bertz CT molecular complexity index is 1940. The summed E-state index contributed by atoms with van der Waals surface area (Å²) < 4.78 is 21.7. The van der Waals surface area contributed by atoms with Crippen LogP contribution in [0.2, 0.25) is 0 Å². The van der Waals surface area contributed by atoms with Gasteiger partial charge >= 0.3 is 11.9 Å². The standard InChI is InChI=1S/C42H34O6/c1-3-41(43)47-23-21-45-35-17-13-29(14-18-35)37-25-31-9-5-7-11-33(31)27-39(37)40-28-34-12-8-6-10-32(34)26-38(40)30-15-19-36(20-16-30)46-22-24-48-42(44)4-2/h3-20,25-28H,1-2,21-24H2. The van der Waals surface area contributed by atoms with Gasteiger partial charge in [-0.3, -0.25) is 0 Å². The number of hydrogen-bond acceptors (Lipinski definition) is 6. The Morgan fingerprint density at radius 2 is 0.792 bits per heavy atom. The molecule has 0 aliphatic rings. The Labute approximate surface area is 279 Å². The zero-order chi connectivity index (χ0) is 33.3. The van der Waals surface area contributed by atoms with Crippen molar-refractivity contribution in [1.29, 1.82) is 0 Å². The molecule has 6 rings (SSSR count). The number of fused-ring (bicyclic) bond motifs is 2. The zero-order valence-electron chi connectivity index (χ0n) is 26.4. The van der Waals surface area contributed by atoms with Crippen molar-refractivity contribution < 1.29 is 28.5 Å². The summed E-state index contributed by atoms with van der Waals surface area (Å²) in [5.74, 6) is 0.421. The highest BCUT2D eigenvalue weighted by Crippen LogP contribution is 2.42. The van der Waals surface area contributed by atoms with Gasteiger partial charge in [0.05, 0.1) is 0 Å². The van der Waals surface area contributed by atoms with Crippen LogP contribution in [0.25, 0.3) is 54.9 Å². The minimum atomic E-state index is -0.473. The third kappa shape index (κ3) is 7.45. The average molecular weight is 635 g/mol. The Hall–Kier alpha value is -6.14. The second-order valence-corrected chi connectivity index (χ2v) is 11.0. The molecule has 0 saturated carbocycles. The van der Waals surface area contributed by atoms with Crippen LogP contribution in [-0.4, -0.2) is 38.4 Å². The van der Waals surface area contributed by atoms with Crippen molar-refractivity contribution in [2.75, 3.05) is 26.4 Å². The first-order valence-electron chi connectivity index (χ1n) is 15.6. The summed E-state index contributed by atoms with van der Waals surface area (Å²) in [6, 6.07) is 41.7. The van der Waals surface area contributed by atoms with Gasteiger partial charge in [-0.15, -0.1) is 0 Å². The lowest BCUT2D eigenvalue weighted by atomic mass is 9.86. The van der Waals surface area contributed by atoms with Gasteiger partial charge in [-0.25, -0.2) is 9.59 Å². The number of benzene rings is 6. The Morgan fingerprint density at radius 3 is 1.12 bits per heavy atom. The van der Waals surface area contributed by atoms with Gasteiger partial charge < -0.3 is 18.9 Å². The van der Waals surface area contributed by atoms with Crippen LogP contribution in [-0.2, 0) is 19.1 Å². The molecular formula is C42H34O6. The Morgan fingerprint density at radius 1 is 0.458 bits per heavy atom. The maximum absolute atomic E-state index is 11.3. The first-order valence-corrected chi connectivity index (χ1v) is 15.6. The number of carbonyl (C=O) groups excluding carboxylic acids is 2. The van der Waals surface area contributed by atoms with Crippen LogP contribution < -0.4 is 9.47 Å². The summed E-state index contributed by atoms with van der Waals surface area (Å²) in [5, 5.41) is 4.57. The predicted octanol–water partition coefficient (Wildman–Crippen LogP) is 9.21. The van der Waals surface area contributed by atoms with Gasteiger partial charge in [-0.2, -0.15) is 0 Å². The van der Waals surface area contributed by atoms with Crippen molar-refractivity contribution in [2.24, 2.45) is 0 Å². The molecule has 0 aliphatic carbocycles. The highest BCUT2D eigenvalue weighted by molar-refractivity contribution is 6.03. The second-order valence-electron chi connectivity index (χ2n) is 11.0. The SMILES string of the molecule is C=CC(=O)OCCOc1ccc(-c2cc3ccccc3cc2-c2cc3ccccc3cc2-c2ccc(OCCOC(=O)C=C)cc2)cc1. The summed E-state index contributed by atoms with van der Waals surface area (Å²) >= 11 is 0. The first-order chi connectivity index (χ1) is 23.5. The van der Waals surface area contributed by atoms with Gasteiger partial charge in [0, 0.05) is 12.2 Å². The number of rotatable bonds is 13. The molecule has 0 atom stereocenters. The fourth-order valence-electron chi connectivity index (χ4n) is 5.59. The molecule has 0 aromatic heterocycles. The second kappa shape index (κ2) is 15.0. The normalized spacial score (nSPS) is 10.8. The number of ether oxygens (including phenoxy) is 4. The molecular weight excluding hydrogens is 600 g/mol. The molecule has 48 heavy (non-hydrogen) atoms. The van der Waals surface area contributed by atoms with Crippen LogP contribution in [0.1, 0.15) is 0 Å². The zero-order valence-corrected chi connectivity index (χ0v) is 26.4. The Kier molecular flexibility index (Phi) is 9.92. The van der Waals surface area contributed by atoms with Gasteiger partial charge in [0.15, 0.2) is 0 Å². The summed E-state index contributed by atoms with van der Waals surface area (Å²) in [5.41, 5.74) is 6.46. The molecule has 0 unspecified atom stereocenters. The molecule has 0 spiro atoms. The maximum Gasteiger partial charge on any atom is 0.330 e. The van der Waals surface area contributed by atoms with Crippen LogP contribution in [0.15, 0.2) is 147 Å². The van der Waals surface area contributed by atoms with E-state index in [2.05, 4.69) is 110 Å². The molecule has 0 bridgehead atoms. The average Bonchev–Trinajstić information content (AvgIpc) is 3.14. The van der Waals surface area contributed by atoms with Crippen molar-refractivity contribution >= 4 is 33.5 Å². The monoisotopic (exact) mass is 634 g/mol. The molecule has 0 amide bonds. The van der Waals surface area contributed by atoms with Crippen LogP contribution in [0.3, 0.4) is 0 Å². The van der Waals surface area contributed by atoms with Gasteiger partial charge in [0.2, 0.25) is 0 Å². The van der Waals surface area contributed by atoms with Gasteiger partial charge in [0.1, 0.15) is 37.9 Å². The fourth-order valence-corrected chi connectivity index (χ4v) is 5.59. The molecule has 6 aromatic rings. The molecule has 6 heteroatoms. The van der Waals surface area contributed by atoms with Crippen molar-refractivity contribution in [3.8, 4) is 44.9 Å². The van der Waals surface area contributed by atoms with E-state index in [1.54, 1.807) is 0 Å². The van der Waals surface area contributed by atoms with E-state index >= 15 is 0 Å². The topological polar surface area (TPSA) is 71.1 Å². The van der Waals surface area contributed by atoms with Crippen LogP contribution in [0, 0.1) is 0 Å². The summed E-state index contributed by atoms with van der Waals surface area (Å²) in [4.78, 5) is 22.7. The van der Waals surface area contributed by atoms with Crippen LogP contribution in [0.4, 0.5) is 0 Å². The lowest BCUT2D eigenvalue weighted by molar-refractivity contribution is -0.139. The molecule has 238 valence electrons. The molecule has 6 aromatic carbocycles. The number of esters is 2. The summed E-state index contributed by atoms with van der Waals surface area (Å²) in [6.07, 6.45) is 2.27. The molecule has 0 saturated heterocycles. The highest BCUT2D eigenvalue weighted by atomic mass is 16.6. The largest absolute Gasteiger partial charge is 0.490 e. The van der Waals surface area contributed by atoms with E-state index < -0.39 is 11.9 Å². The third-order valence-electron chi connectivity index (χ3n) is 7.92. The summed E-state index contributed by atoms with van der Waals surface area (Å²) in [7, 11) is 0. The fraction of sp³-hybridized carbons (Fsp3) is 0.0952. The van der Waals surface area contributed by atoms with E-state index in [9.17, 15) is 9.59 Å². The molecule has 0 N–H and O–H groups in total. The van der Waals surface area contributed by atoms with E-state index in [-0.39, 0.29) is 26.4 Å². The minimum Gasteiger partial charge on any atom is -0.490 e. The molecule has 0 aliphatic heterocycles. The van der Waals surface area contributed by atoms with Crippen molar-refractivity contribution in [3.63, 3.8) is 0 Å².